The van der Waals surface area contributed by atoms with E-state index < -0.39 is 30.4 Å². The number of methoxy groups -OCH3 is 2. The monoisotopic (exact) mass is 392 g/mol. The van der Waals surface area contributed by atoms with E-state index in [-0.39, 0.29) is 19.1 Å². The van der Waals surface area contributed by atoms with Gasteiger partial charge in [-0.25, -0.2) is 0 Å². The zero-order valence-electron chi connectivity index (χ0n) is 16.2. The SMILES string of the molecule is COCOc1cc(OC(F)(F)F)cc(COC)c1B1OC(C)(C)C(C)(C)O1. The second-order valence-electron chi connectivity index (χ2n) is 7.11. The number of rotatable bonds is 7. The van der Waals surface area contributed by atoms with E-state index in [2.05, 4.69) is 4.74 Å². The van der Waals surface area contributed by atoms with Gasteiger partial charge in [0.05, 0.1) is 17.8 Å². The molecule has 1 fully saturated rings. The van der Waals surface area contributed by atoms with Crippen LogP contribution in [0.5, 0.6) is 11.5 Å². The van der Waals surface area contributed by atoms with E-state index in [9.17, 15) is 13.2 Å². The van der Waals surface area contributed by atoms with Crippen LogP contribution < -0.4 is 14.9 Å². The molecule has 1 heterocycles. The molecule has 0 spiro atoms. The molecule has 0 unspecified atom stereocenters. The summed E-state index contributed by atoms with van der Waals surface area (Å²) in [4.78, 5) is 0. The van der Waals surface area contributed by atoms with Crippen LogP contribution in [0.15, 0.2) is 12.1 Å². The Balaban J connectivity index is 2.52. The highest BCUT2D eigenvalue weighted by Crippen LogP contribution is 2.38. The molecule has 1 aliphatic rings. The molecule has 0 aromatic heterocycles. The molecule has 1 aromatic carbocycles. The molecule has 27 heavy (non-hydrogen) atoms. The minimum absolute atomic E-state index is 0.0117. The second kappa shape index (κ2) is 7.87. The maximum atomic E-state index is 12.7. The smallest absolute Gasteiger partial charge is 0.468 e. The first-order valence-corrected chi connectivity index (χ1v) is 8.29. The van der Waals surface area contributed by atoms with E-state index in [1.807, 2.05) is 27.7 Å². The maximum Gasteiger partial charge on any atom is 0.573 e. The van der Waals surface area contributed by atoms with Crippen LogP contribution in [0, 0.1) is 0 Å². The Labute approximate surface area is 157 Å². The van der Waals surface area contributed by atoms with Gasteiger partial charge >= 0.3 is 13.5 Å². The molecular weight excluding hydrogens is 368 g/mol. The van der Waals surface area contributed by atoms with Crippen molar-refractivity contribution in [3.05, 3.63) is 17.7 Å². The van der Waals surface area contributed by atoms with E-state index >= 15 is 0 Å². The summed E-state index contributed by atoms with van der Waals surface area (Å²) in [5.74, 6) is -0.329. The summed E-state index contributed by atoms with van der Waals surface area (Å²) in [7, 11) is 1.98. The van der Waals surface area contributed by atoms with Gasteiger partial charge in [-0.2, -0.15) is 0 Å². The van der Waals surface area contributed by atoms with Gasteiger partial charge in [0.2, 0.25) is 0 Å². The molecule has 2 rings (SSSR count). The van der Waals surface area contributed by atoms with E-state index in [0.29, 0.717) is 11.0 Å². The van der Waals surface area contributed by atoms with Gasteiger partial charge in [0, 0.05) is 25.7 Å². The van der Waals surface area contributed by atoms with E-state index in [4.69, 9.17) is 23.5 Å². The molecule has 0 bridgehead atoms. The molecular formula is C17H24BF3O6. The van der Waals surface area contributed by atoms with Crippen LogP contribution in [0.2, 0.25) is 0 Å². The fourth-order valence-electron chi connectivity index (χ4n) is 2.59. The standard InChI is InChI=1S/C17H24BF3O6/c1-15(2)16(3,4)27-18(26-15)14-11(9-22-5)7-12(25-17(19,20)21)8-13(14)24-10-23-6/h7-8H,9-10H2,1-6H3. The van der Waals surface area contributed by atoms with Gasteiger partial charge in [-0.1, -0.05) is 0 Å². The van der Waals surface area contributed by atoms with Gasteiger partial charge in [-0.15, -0.1) is 13.2 Å². The molecule has 1 saturated heterocycles. The lowest BCUT2D eigenvalue weighted by molar-refractivity contribution is -0.274. The van der Waals surface area contributed by atoms with E-state index in [1.54, 1.807) is 0 Å². The lowest BCUT2D eigenvalue weighted by Gasteiger charge is -2.32. The van der Waals surface area contributed by atoms with Crippen molar-refractivity contribution >= 4 is 12.6 Å². The average molecular weight is 392 g/mol. The number of hydrogen-bond donors (Lipinski definition) is 0. The number of hydrogen-bond acceptors (Lipinski definition) is 6. The van der Waals surface area contributed by atoms with Crippen molar-refractivity contribution in [2.45, 2.75) is 51.9 Å². The summed E-state index contributed by atoms with van der Waals surface area (Å²) in [6.07, 6.45) is -4.84. The van der Waals surface area contributed by atoms with Crippen molar-refractivity contribution in [2.75, 3.05) is 21.0 Å². The third kappa shape index (κ3) is 5.07. The Morgan fingerprint density at radius 1 is 1.00 bits per heavy atom. The molecule has 1 aromatic rings. The summed E-state index contributed by atoms with van der Waals surface area (Å²) >= 11 is 0. The number of benzene rings is 1. The van der Waals surface area contributed by atoms with Gasteiger partial charge < -0.3 is 28.3 Å². The number of alkyl halides is 3. The van der Waals surface area contributed by atoms with E-state index in [1.165, 1.54) is 20.3 Å². The van der Waals surface area contributed by atoms with Gasteiger partial charge in [0.15, 0.2) is 6.79 Å². The summed E-state index contributed by atoms with van der Waals surface area (Å²) < 4.78 is 69.7. The Kier molecular flexibility index (Phi) is 6.35. The molecule has 152 valence electrons. The van der Waals surface area contributed by atoms with Crippen molar-refractivity contribution in [3.8, 4) is 11.5 Å². The predicted octanol–water partition coefficient (Wildman–Crippen LogP) is 3.01. The van der Waals surface area contributed by atoms with Crippen molar-refractivity contribution in [2.24, 2.45) is 0 Å². The highest BCUT2D eigenvalue weighted by molar-refractivity contribution is 6.63. The quantitative estimate of drug-likeness (QED) is 0.526. The minimum Gasteiger partial charge on any atom is -0.468 e. The molecule has 6 nitrogen and oxygen atoms in total. The van der Waals surface area contributed by atoms with Crippen LogP contribution >= 0.6 is 0 Å². The maximum absolute atomic E-state index is 12.7. The van der Waals surface area contributed by atoms with E-state index in [0.717, 1.165) is 6.07 Å². The zero-order chi connectivity index (χ0) is 20.5. The average Bonchev–Trinajstić information content (AvgIpc) is 2.71. The van der Waals surface area contributed by atoms with Crippen molar-refractivity contribution in [1.82, 2.24) is 0 Å². The third-order valence-corrected chi connectivity index (χ3v) is 4.56. The lowest BCUT2D eigenvalue weighted by Crippen LogP contribution is -2.41. The van der Waals surface area contributed by atoms with Crippen molar-refractivity contribution < 1.29 is 41.4 Å². The summed E-state index contributed by atoms with van der Waals surface area (Å²) in [6, 6.07) is 2.36. The number of ether oxygens (including phenoxy) is 4. The highest BCUT2D eigenvalue weighted by atomic mass is 19.4. The first-order chi connectivity index (χ1) is 12.4. The predicted molar refractivity (Wildman–Crippen MR) is 92.1 cm³/mol. The molecule has 0 radical (unpaired) electrons. The van der Waals surface area contributed by atoms with Gasteiger partial charge in [0.25, 0.3) is 0 Å². The first-order valence-electron chi connectivity index (χ1n) is 8.29. The zero-order valence-corrected chi connectivity index (χ0v) is 16.2. The van der Waals surface area contributed by atoms with Crippen LogP contribution in [0.4, 0.5) is 13.2 Å². The van der Waals surface area contributed by atoms with Crippen LogP contribution in [0.25, 0.3) is 0 Å². The number of halogens is 3. The lowest BCUT2D eigenvalue weighted by atomic mass is 9.75. The molecule has 0 atom stereocenters. The van der Waals surface area contributed by atoms with Crippen LogP contribution in [0.1, 0.15) is 33.3 Å². The van der Waals surface area contributed by atoms with Gasteiger partial charge in [-0.3, -0.25) is 0 Å². The van der Waals surface area contributed by atoms with Crippen molar-refractivity contribution in [1.29, 1.82) is 0 Å². The van der Waals surface area contributed by atoms with Crippen LogP contribution in [0.3, 0.4) is 0 Å². The normalized spacial score (nSPS) is 18.6. The molecule has 10 heteroatoms. The van der Waals surface area contributed by atoms with Crippen molar-refractivity contribution in [3.63, 3.8) is 0 Å². The molecule has 1 aliphatic heterocycles. The Morgan fingerprint density at radius 3 is 2.07 bits per heavy atom. The largest absolute Gasteiger partial charge is 0.573 e. The molecule has 0 saturated carbocycles. The second-order valence-corrected chi connectivity index (χ2v) is 7.11. The summed E-state index contributed by atoms with van der Waals surface area (Å²) in [5.41, 5.74) is -0.450. The molecule has 0 aliphatic carbocycles. The Hall–Kier alpha value is -1.49. The highest BCUT2D eigenvalue weighted by Gasteiger charge is 2.53. The van der Waals surface area contributed by atoms with Crippen LogP contribution in [-0.4, -0.2) is 45.7 Å². The van der Waals surface area contributed by atoms with Gasteiger partial charge in [0.1, 0.15) is 11.5 Å². The van der Waals surface area contributed by atoms with Gasteiger partial charge in [-0.05, 0) is 39.3 Å². The molecule has 0 amide bonds. The summed E-state index contributed by atoms with van der Waals surface area (Å²) in [6.45, 7) is 7.34. The van der Waals surface area contributed by atoms with Crippen LogP contribution in [-0.2, 0) is 25.4 Å². The fraction of sp³-hybridized carbons (Fsp3) is 0.647. The topological polar surface area (TPSA) is 55.4 Å². The fourth-order valence-corrected chi connectivity index (χ4v) is 2.59. The summed E-state index contributed by atoms with van der Waals surface area (Å²) in [5, 5.41) is 0. The first kappa shape index (κ1) is 21.8. The Morgan fingerprint density at radius 2 is 1.59 bits per heavy atom. The third-order valence-electron chi connectivity index (χ3n) is 4.56. The molecule has 0 N–H and O–H groups in total. The Bertz CT molecular complexity index is 647. The minimum atomic E-state index is -4.84.